The van der Waals surface area contributed by atoms with Crippen molar-refractivity contribution < 1.29 is 9.84 Å². The number of nitrogens with one attached hydrogen (secondary N) is 1. The van der Waals surface area contributed by atoms with Gasteiger partial charge in [-0.1, -0.05) is 45.7 Å². The van der Waals surface area contributed by atoms with Gasteiger partial charge in [0, 0.05) is 50.7 Å². The van der Waals surface area contributed by atoms with Gasteiger partial charge in [0.1, 0.15) is 0 Å². The smallest absolute Gasteiger partial charge is 0.217 e. The number of ether oxygens (including phenoxy) is 1. The second-order valence-electron chi connectivity index (χ2n) is 9.14. The molecular weight excluding hydrogens is 526 g/mol. The molecule has 1 aliphatic heterocycles. The van der Waals surface area contributed by atoms with E-state index in [1.54, 1.807) is 7.11 Å². The average Bonchev–Trinajstić information content (AvgIpc) is 2.85. The summed E-state index contributed by atoms with van der Waals surface area (Å²) in [6, 6.07) is 21.8. The highest BCUT2D eigenvalue weighted by molar-refractivity contribution is 9.10. The highest BCUT2D eigenvalue weighted by Crippen LogP contribution is 2.45. The molecule has 3 atom stereocenters. The van der Waals surface area contributed by atoms with Crippen molar-refractivity contribution in [3.63, 3.8) is 0 Å². The highest BCUT2D eigenvalue weighted by Gasteiger charge is 2.44. The van der Waals surface area contributed by atoms with Gasteiger partial charge in [0.05, 0.1) is 18.2 Å². The van der Waals surface area contributed by atoms with Crippen molar-refractivity contribution in [2.75, 3.05) is 13.7 Å². The predicted octanol–water partition coefficient (Wildman–Crippen LogP) is 5.91. The molecule has 5 nitrogen and oxygen atoms in total. The molecule has 0 amide bonds. The first-order valence-electron chi connectivity index (χ1n) is 11.7. The summed E-state index contributed by atoms with van der Waals surface area (Å²) in [7, 11) is 1.63. The number of methoxy groups -OCH3 is 1. The van der Waals surface area contributed by atoms with Crippen molar-refractivity contribution in [2.45, 2.75) is 36.8 Å². The molecule has 35 heavy (non-hydrogen) atoms. The fourth-order valence-corrected chi connectivity index (χ4v) is 5.73. The van der Waals surface area contributed by atoms with Crippen molar-refractivity contribution in [1.29, 1.82) is 0 Å². The van der Waals surface area contributed by atoms with Gasteiger partial charge in [-0.3, -0.25) is 4.98 Å². The minimum Gasteiger partial charge on any atom is -0.481 e. The van der Waals surface area contributed by atoms with Crippen LogP contribution in [0.4, 0.5) is 0 Å². The number of halogens is 2. The molecule has 5 rings (SSSR count). The quantitative estimate of drug-likeness (QED) is 0.311. The highest BCUT2D eigenvalue weighted by atomic mass is 79.9. The third-order valence-electron chi connectivity index (χ3n) is 6.79. The summed E-state index contributed by atoms with van der Waals surface area (Å²) >= 11 is 9.80. The van der Waals surface area contributed by atoms with Gasteiger partial charge >= 0.3 is 0 Å². The lowest BCUT2D eigenvalue weighted by Crippen LogP contribution is -2.52. The Bertz CT molecular complexity index is 1320. The van der Waals surface area contributed by atoms with Crippen LogP contribution in [-0.4, -0.2) is 40.4 Å². The second-order valence-corrected chi connectivity index (χ2v) is 10.5. The third kappa shape index (κ3) is 5.21. The largest absolute Gasteiger partial charge is 0.481 e. The van der Waals surface area contributed by atoms with Gasteiger partial charge in [0.15, 0.2) is 0 Å². The molecule has 180 valence electrons. The molecule has 1 aliphatic rings. The van der Waals surface area contributed by atoms with Crippen LogP contribution in [0.3, 0.4) is 0 Å². The number of aliphatic hydroxyl groups is 1. The van der Waals surface area contributed by atoms with Crippen LogP contribution in [0.15, 0.2) is 77.4 Å². The van der Waals surface area contributed by atoms with Gasteiger partial charge in [-0.05, 0) is 73.5 Å². The molecule has 2 aromatic heterocycles. The number of benzene rings is 2. The van der Waals surface area contributed by atoms with Crippen LogP contribution in [-0.2, 0) is 6.42 Å². The number of fused-ring (bicyclic) bond motifs is 1. The first-order chi connectivity index (χ1) is 16.9. The molecule has 7 heteroatoms. The van der Waals surface area contributed by atoms with Crippen molar-refractivity contribution >= 4 is 38.4 Å². The number of piperidine rings is 1. The average molecular weight is 553 g/mol. The van der Waals surface area contributed by atoms with Gasteiger partial charge < -0.3 is 15.2 Å². The molecule has 2 N–H and O–H groups in total. The molecule has 0 aliphatic carbocycles. The molecule has 2 aromatic carbocycles. The molecule has 1 saturated heterocycles. The molecule has 0 bridgehead atoms. The molecule has 3 heterocycles. The Morgan fingerprint density at radius 2 is 2.00 bits per heavy atom. The van der Waals surface area contributed by atoms with Crippen molar-refractivity contribution in [2.24, 2.45) is 0 Å². The Morgan fingerprint density at radius 1 is 1.17 bits per heavy atom. The fourth-order valence-electron chi connectivity index (χ4n) is 5.22. The number of pyridine rings is 2. The minimum atomic E-state index is -1.02. The summed E-state index contributed by atoms with van der Waals surface area (Å²) < 4.78 is 6.76. The van der Waals surface area contributed by atoms with Crippen LogP contribution in [0, 0.1) is 0 Å². The Balaban J connectivity index is 1.60. The maximum Gasteiger partial charge on any atom is 0.217 e. The number of rotatable bonds is 6. The van der Waals surface area contributed by atoms with Crippen molar-refractivity contribution in [1.82, 2.24) is 15.3 Å². The van der Waals surface area contributed by atoms with Crippen LogP contribution in [0.2, 0.25) is 5.02 Å². The van der Waals surface area contributed by atoms with Gasteiger partial charge in [0.2, 0.25) is 5.88 Å². The van der Waals surface area contributed by atoms with Crippen molar-refractivity contribution in [3.05, 3.63) is 99.2 Å². The van der Waals surface area contributed by atoms with Gasteiger partial charge in [-0.2, -0.15) is 0 Å². The zero-order valence-corrected chi connectivity index (χ0v) is 21.8. The zero-order chi connectivity index (χ0) is 24.4. The van der Waals surface area contributed by atoms with Crippen LogP contribution >= 0.6 is 27.5 Å². The normalized spacial score (nSPS) is 21.1. The van der Waals surface area contributed by atoms with Gasteiger partial charge in [0.25, 0.3) is 0 Å². The van der Waals surface area contributed by atoms with E-state index in [1.807, 2.05) is 66.9 Å². The molecule has 4 aromatic rings. The number of hydrogen-bond donors (Lipinski definition) is 2. The Hall–Kier alpha value is -2.51. The second kappa shape index (κ2) is 10.2. The van der Waals surface area contributed by atoms with Crippen molar-refractivity contribution in [3.8, 4) is 5.88 Å². The van der Waals surface area contributed by atoms with Crippen LogP contribution < -0.4 is 10.1 Å². The lowest BCUT2D eigenvalue weighted by atomic mass is 9.70. The van der Waals surface area contributed by atoms with E-state index in [9.17, 15) is 5.11 Å². The first-order valence-corrected chi connectivity index (χ1v) is 12.9. The standard InChI is InChI=1S/C28H27BrClN3O2/c1-35-27-24(15-19-14-20(29)7-10-25(19)33-27)26(18-5-8-21(30)9-6-18)28(34)11-13-32-23(17-28)16-22-4-2-3-12-31-22/h2-10,12,14-15,23,26,32,34H,11,13,16-17H2,1H3. The minimum absolute atomic E-state index is 0.0898. The number of hydrogen-bond acceptors (Lipinski definition) is 5. The van der Waals surface area contributed by atoms with Gasteiger partial charge in [-0.25, -0.2) is 4.98 Å². The fraction of sp³-hybridized carbons (Fsp3) is 0.286. The first kappa shape index (κ1) is 24.2. The van der Waals surface area contributed by atoms with E-state index >= 15 is 0 Å². The molecule has 1 fully saturated rings. The summed E-state index contributed by atoms with van der Waals surface area (Å²) in [5, 5.41) is 17.5. The van der Waals surface area contributed by atoms with Crippen LogP contribution in [0.25, 0.3) is 10.9 Å². The SMILES string of the molecule is COc1nc2ccc(Br)cc2cc1C(c1ccc(Cl)cc1)C1(O)CCNC(Cc2ccccn2)C1. The van der Waals surface area contributed by atoms with E-state index < -0.39 is 5.60 Å². The summed E-state index contributed by atoms with van der Waals surface area (Å²) in [6.45, 7) is 0.701. The summed E-state index contributed by atoms with van der Waals surface area (Å²) in [4.78, 5) is 9.30. The molecule has 0 spiro atoms. The molecular formula is C28H27BrClN3O2. The summed E-state index contributed by atoms with van der Waals surface area (Å²) in [5.41, 5.74) is 2.67. The Morgan fingerprint density at radius 3 is 2.74 bits per heavy atom. The van der Waals surface area contributed by atoms with Gasteiger partial charge in [-0.15, -0.1) is 0 Å². The Kier molecular flexibility index (Phi) is 7.07. The summed E-state index contributed by atoms with van der Waals surface area (Å²) in [6.07, 6.45) is 3.72. The topological polar surface area (TPSA) is 67.3 Å². The Labute approximate surface area is 218 Å². The monoisotopic (exact) mass is 551 g/mol. The maximum absolute atomic E-state index is 12.3. The van der Waals surface area contributed by atoms with E-state index in [0.29, 0.717) is 30.3 Å². The molecule has 3 unspecified atom stereocenters. The molecule has 0 radical (unpaired) electrons. The third-order valence-corrected chi connectivity index (χ3v) is 7.53. The van der Waals surface area contributed by atoms with E-state index in [0.717, 1.165) is 38.6 Å². The van der Waals surface area contributed by atoms with E-state index in [-0.39, 0.29) is 12.0 Å². The molecule has 0 saturated carbocycles. The lowest BCUT2D eigenvalue weighted by molar-refractivity contribution is -0.0192. The van der Waals surface area contributed by atoms with E-state index in [2.05, 4.69) is 32.3 Å². The summed E-state index contributed by atoms with van der Waals surface area (Å²) in [5.74, 6) is 0.173. The maximum atomic E-state index is 12.3. The van der Waals surface area contributed by atoms with E-state index in [4.69, 9.17) is 21.3 Å². The number of nitrogens with zero attached hydrogens (tertiary/aromatic N) is 2. The van der Waals surface area contributed by atoms with Crippen LogP contribution in [0.1, 0.15) is 35.6 Å². The number of aromatic nitrogens is 2. The lowest BCUT2D eigenvalue weighted by Gasteiger charge is -2.43. The van der Waals surface area contributed by atoms with E-state index in [1.165, 1.54) is 0 Å². The van der Waals surface area contributed by atoms with Crippen LogP contribution in [0.5, 0.6) is 5.88 Å². The zero-order valence-electron chi connectivity index (χ0n) is 19.4. The predicted molar refractivity (Wildman–Crippen MR) is 143 cm³/mol.